The normalized spacial score (nSPS) is 15.8. The van der Waals surface area contributed by atoms with E-state index in [2.05, 4.69) is 4.98 Å². The molecule has 1 atom stereocenters. The molecule has 4 aromatic rings. The van der Waals surface area contributed by atoms with Crippen molar-refractivity contribution < 1.29 is 13.3 Å². The SMILES string of the molecule is O=[N+]([O-])c1cccc(/C=C/S(=O)(=O)N2c3ccccc3C=C[C@H]2c2c[nH]c3ccccc23)c1. The summed E-state index contributed by atoms with van der Waals surface area (Å²) in [6.07, 6.45) is 7.02. The summed E-state index contributed by atoms with van der Waals surface area (Å²) < 4.78 is 28.7. The lowest BCUT2D eigenvalue weighted by Crippen LogP contribution is -2.34. The number of hydrogen-bond donors (Lipinski definition) is 1. The number of rotatable bonds is 5. The number of aromatic nitrogens is 1. The molecule has 0 unspecified atom stereocenters. The van der Waals surface area contributed by atoms with Crippen molar-refractivity contribution in [3.63, 3.8) is 0 Å². The number of hydrogen-bond acceptors (Lipinski definition) is 4. The van der Waals surface area contributed by atoms with E-state index in [4.69, 9.17) is 0 Å². The molecule has 0 fully saturated rings. The van der Waals surface area contributed by atoms with E-state index < -0.39 is 21.0 Å². The van der Waals surface area contributed by atoms with Gasteiger partial charge in [0.15, 0.2) is 0 Å². The van der Waals surface area contributed by atoms with Gasteiger partial charge in [0.2, 0.25) is 0 Å². The first-order chi connectivity index (χ1) is 15.9. The highest BCUT2D eigenvalue weighted by atomic mass is 32.2. The standard InChI is InChI=1S/C25H19N3O4S/c29-28(30)20-8-5-6-18(16-20)14-15-33(31,32)27-24-11-4-1-7-19(24)12-13-25(27)22-17-26-23-10-3-2-9-21(22)23/h1-17,25-26H/b15-14+/t25-/m0/s1. The minimum absolute atomic E-state index is 0.0996. The van der Waals surface area contributed by atoms with Crippen molar-refractivity contribution in [2.24, 2.45) is 0 Å². The summed E-state index contributed by atoms with van der Waals surface area (Å²) in [5.41, 5.74) is 3.45. The zero-order valence-corrected chi connectivity index (χ0v) is 18.1. The highest BCUT2D eigenvalue weighted by Crippen LogP contribution is 2.41. The van der Waals surface area contributed by atoms with Gasteiger partial charge in [-0.3, -0.25) is 14.4 Å². The third kappa shape index (κ3) is 3.81. The van der Waals surface area contributed by atoms with Gasteiger partial charge in [-0.2, -0.15) is 0 Å². The van der Waals surface area contributed by atoms with Crippen LogP contribution in [0.3, 0.4) is 0 Å². The predicted octanol–water partition coefficient (Wildman–Crippen LogP) is 5.65. The second-order valence-corrected chi connectivity index (χ2v) is 9.34. The molecule has 164 valence electrons. The molecular weight excluding hydrogens is 438 g/mol. The number of sulfonamides is 1. The van der Waals surface area contributed by atoms with Gasteiger partial charge in [-0.15, -0.1) is 0 Å². The quantitative estimate of drug-likeness (QED) is 0.309. The number of benzene rings is 3. The molecule has 5 rings (SSSR count). The monoisotopic (exact) mass is 457 g/mol. The molecular formula is C25H19N3O4S. The average Bonchev–Trinajstić information content (AvgIpc) is 3.26. The van der Waals surface area contributed by atoms with E-state index in [1.165, 1.54) is 28.6 Å². The Balaban J connectivity index is 1.61. The summed E-state index contributed by atoms with van der Waals surface area (Å²) >= 11 is 0. The van der Waals surface area contributed by atoms with Crippen LogP contribution in [-0.4, -0.2) is 18.3 Å². The number of fused-ring (bicyclic) bond motifs is 2. The van der Waals surface area contributed by atoms with Crippen LogP contribution in [0.2, 0.25) is 0 Å². The van der Waals surface area contributed by atoms with Crippen molar-refractivity contribution in [2.75, 3.05) is 4.31 Å². The van der Waals surface area contributed by atoms with Crippen molar-refractivity contribution in [3.8, 4) is 0 Å². The molecule has 0 aliphatic carbocycles. The summed E-state index contributed by atoms with van der Waals surface area (Å²) in [5.74, 6) is 0. The molecule has 0 radical (unpaired) electrons. The van der Waals surface area contributed by atoms with Gasteiger partial charge in [0.1, 0.15) is 0 Å². The number of anilines is 1. The minimum atomic E-state index is -3.95. The van der Waals surface area contributed by atoms with E-state index in [0.29, 0.717) is 11.3 Å². The Labute approximate surface area is 190 Å². The Bertz CT molecular complexity index is 1540. The van der Waals surface area contributed by atoms with E-state index in [1.807, 2.05) is 54.7 Å². The van der Waals surface area contributed by atoms with Crippen LogP contribution < -0.4 is 4.31 Å². The molecule has 3 aromatic carbocycles. The topological polar surface area (TPSA) is 96.3 Å². The summed E-state index contributed by atoms with van der Waals surface area (Å²) in [7, 11) is -3.95. The van der Waals surface area contributed by atoms with Crippen LogP contribution in [0.5, 0.6) is 0 Å². The van der Waals surface area contributed by atoms with Gasteiger partial charge in [0.05, 0.1) is 22.1 Å². The summed E-state index contributed by atoms with van der Waals surface area (Å²) in [6, 6.07) is 20.3. The van der Waals surface area contributed by atoms with E-state index in [9.17, 15) is 18.5 Å². The van der Waals surface area contributed by atoms with Crippen LogP contribution in [0.25, 0.3) is 23.1 Å². The summed E-state index contributed by atoms with van der Waals surface area (Å²) in [6.45, 7) is 0. The zero-order chi connectivity index (χ0) is 23.0. The molecule has 2 heterocycles. The van der Waals surface area contributed by atoms with Gasteiger partial charge < -0.3 is 4.98 Å². The Hall–Kier alpha value is -4.17. The maximum atomic E-state index is 13.6. The molecule has 1 aliphatic heterocycles. The molecule has 33 heavy (non-hydrogen) atoms. The molecule has 0 saturated carbocycles. The second kappa shape index (κ2) is 8.07. The molecule has 0 amide bonds. The number of non-ortho nitro benzene ring substituents is 1. The maximum absolute atomic E-state index is 13.6. The fraction of sp³-hybridized carbons (Fsp3) is 0.0400. The first-order valence-electron chi connectivity index (χ1n) is 10.2. The predicted molar refractivity (Wildman–Crippen MR) is 130 cm³/mol. The van der Waals surface area contributed by atoms with Gasteiger partial charge in [-0.05, 0) is 29.3 Å². The Morgan fingerprint density at radius 3 is 2.64 bits per heavy atom. The fourth-order valence-electron chi connectivity index (χ4n) is 4.09. The first-order valence-corrected chi connectivity index (χ1v) is 11.7. The van der Waals surface area contributed by atoms with Gasteiger partial charge in [0.25, 0.3) is 15.7 Å². The number of H-pyrrole nitrogens is 1. The van der Waals surface area contributed by atoms with Crippen LogP contribution in [0.1, 0.15) is 22.7 Å². The van der Waals surface area contributed by atoms with Crippen LogP contribution in [-0.2, 0) is 10.0 Å². The molecule has 0 bridgehead atoms. The number of nitro groups is 1. The molecule has 0 spiro atoms. The van der Waals surface area contributed by atoms with E-state index in [-0.39, 0.29) is 5.69 Å². The second-order valence-electron chi connectivity index (χ2n) is 7.65. The van der Waals surface area contributed by atoms with Crippen molar-refractivity contribution in [3.05, 3.63) is 117 Å². The average molecular weight is 458 g/mol. The zero-order valence-electron chi connectivity index (χ0n) is 17.3. The fourth-order valence-corrected chi connectivity index (χ4v) is 5.49. The number of para-hydroxylation sites is 2. The third-order valence-corrected chi connectivity index (χ3v) is 7.06. The van der Waals surface area contributed by atoms with Crippen LogP contribution >= 0.6 is 0 Å². The molecule has 7 nitrogen and oxygen atoms in total. The van der Waals surface area contributed by atoms with Crippen molar-refractivity contribution in [1.29, 1.82) is 0 Å². The van der Waals surface area contributed by atoms with Gasteiger partial charge in [-0.1, -0.05) is 60.7 Å². The van der Waals surface area contributed by atoms with E-state index in [1.54, 1.807) is 18.2 Å². The Morgan fingerprint density at radius 2 is 1.79 bits per heavy atom. The lowest BCUT2D eigenvalue weighted by Gasteiger charge is -2.33. The Kier molecular flexibility index (Phi) is 5.07. The molecule has 1 aliphatic rings. The smallest absolute Gasteiger partial charge is 0.270 e. The Morgan fingerprint density at radius 1 is 1.00 bits per heavy atom. The number of nitro benzene ring substituents is 1. The molecule has 8 heteroatoms. The molecule has 1 aromatic heterocycles. The van der Waals surface area contributed by atoms with Crippen LogP contribution in [0.15, 0.2) is 90.5 Å². The molecule has 0 saturated heterocycles. The minimum Gasteiger partial charge on any atom is -0.361 e. The highest BCUT2D eigenvalue weighted by molar-refractivity contribution is 7.95. The van der Waals surface area contributed by atoms with Crippen LogP contribution in [0, 0.1) is 10.1 Å². The van der Waals surface area contributed by atoms with Crippen molar-refractivity contribution >= 4 is 44.5 Å². The maximum Gasteiger partial charge on any atom is 0.270 e. The van der Waals surface area contributed by atoms with E-state index >= 15 is 0 Å². The van der Waals surface area contributed by atoms with Gasteiger partial charge in [0, 0.05) is 34.8 Å². The van der Waals surface area contributed by atoms with Gasteiger partial charge >= 0.3 is 0 Å². The summed E-state index contributed by atoms with van der Waals surface area (Å²) in [4.78, 5) is 13.8. The van der Waals surface area contributed by atoms with Crippen molar-refractivity contribution in [2.45, 2.75) is 6.04 Å². The number of nitrogens with one attached hydrogen (secondary N) is 1. The van der Waals surface area contributed by atoms with E-state index in [0.717, 1.165) is 27.4 Å². The lowest BCUT2D eigenvalue weighted by molar-refractivity contribution is -0.384. The first kappa shape index (κ1) is 20.7. The van der Waals surface area contributed by atoms with Crippen molar-refractivity contribution in [1.82, 2.24) is 4.98 Å². The highest BCUT2D eigenvalue weighted by Gasteiger charge is 2.33. The number of nitrogens with zero attached hydrogens (tertiary/aromatic N) is 2. The third-order valence-electron chi connectivity index (χ3n) is 5.61. The molecule has 1 N–H and O–H groups in total. The number of aromatic amines is 1. The van der Waals surface area contributed by atoms with Crippen LogP contribution in [0.4, 0.5) is 11.4 Å². The summed E-state index contributed by atoms with van der Waals surface area (Å²) in [5, 5.41) is 13.1. The lowest BCUT2D eigenvalue weighted by atomic mass is 9.99. The largest absolute Gasteiger partial charge is 0.361 e. The van der Waals surface area contributed by atoms with Gasteiger partial charge in [-0.25, -0.2) is 8.42 Å².